The molecule has 0 aliphatic heterocycles. The first-order chi connectivity index (χ1) is 6.93. The van der Waals surface area contributed by atoms with E-state index in [-0.39, 0.29) is 5.91 Å². The number of aliphatic hydroxyl groups excluding tert-OH is 1. The highest BCUT2D eigenvalue weighted by Crippen LogP contribution is 2.24. The Morgan fingerprint density at radius 3 is 2.33 bits per heavy atom. The van der Waals surface area contributed by atoms with E-state index in [2.05, 4.69) is 5.32 Å². The van der Waals surface area contributed by atoms with Crippen LogP contribution in [-0.4, -0.2) is 16.6 Å². The van der Waals surface area contributed by atoms with Gasteiger partial charge in [0, 0.05) is 6.92 Å². The van der Waals surface area contributed by atoms with Crippen LogP contribution in [-0.2, 0) is 4.79 Å². The fourth-order valence-electron chi connectivity index (χ4n) is 1.57. The molecule has 2 N–H and O–H groups in total. The Kier molecular flexibility index (Phi) is 3.48. The van der Waals surface area contributed by atoms with Crippen LogP contribution in [0.3, 0.4) is 0 Å². The third-order valence-electron chi connectivity index (χ3n) is 2.30. The fraction of sp³-hybridized carbons (Fsp3) is 0.417. The van der Waals surface area contributed by atoms with Crippen LogP contribution in [0.1, 0.15) is 32.4 Å². The third-order valence-corrected chi connectivity index (χ3v) is 2.30. The lowest BCUT2D eigenvalue weighted by Crippen LogP contribution is -2.47. The third kappa shape index (κ3) is 3.06. The summed E-state index contributed by atoms with van der Waals surface area (Å²) in [6.45, 7) is 5.04. The van der Waals surface area contributed by atoms with E-state index in [9.17, 15) is 9.90 Å². The van der Waals surface area contributed by atoms with Crippen molar-refractivity contribution >= 4 is 5.91 Å². The summed E-state index contributed by atoms with van der Waals surface area (Å²) in [5.74, 6) is -0.144. The van der Waals surface area contributed by atoms with E-state index in [1.165, 1.54) is 6.92 Å². The van der Waals surface area contributed by atoms with Crippen molar-refractivity contribution in [2.45, 2.75) is 32.4 Å². The monoisotopic (exact) mass is 207 g/mol. The van der Waals surface area contributed by atoms with Gasteiger partial charge in [0.05, 0.1) is 5.54 Å². The zero-order chi connectivity index (χ0) is 11.5. The molecule has 0 aliphatic rings. The van der Waals surface area contributed by atoms with Gasteiger partial charge in [-0.05, 0) is 19.4 Å². The van der Waals surface area contributed by atoms with E-state index in [0.717, 1.165) is 5.56 Å². The fourth-order valence-corrected chi connectivity index (χ4v) is 1.57. The Bertz CT molecular complexity index is 333. The highest BCUT2D eigenvalue weighted by Gasteiger charge is 2.29. The van der Waals surface area contributed by atoms with Gasteiger partial charge >= 0.3 is 0 Å². The summed E-state index contributed by atoms with van der Waals surface area (Å²) < 4.78 is 0. The normalized spacial score (nSPS) is 13.3. The van der Waals surface area contributed by atoms with Crippen LogP contribution in [0.5, 0.6) is 0 Å². The molecule has 0 radical (unpaired) electrons. The van der Waals surface area contributed by atoms with Crippen LogP contribution < -0.4 is 5.32 Å². The van der Waals surface area contributed by atoms with Gasteiger partial charge in [-0.3, -0.25) is 4.79 Å². The van der Waals surface area contributed by atoms with Crippen molar-refractivity contribution < 1.29 is 9.90 Å². The number of hydrogen-bond acceptors (Lipinski definition) is 2. The average molecular weight is 207 g/mol. The number of benzene rings is 1. The maximum absolute atomic E-state index is 11.0. The molecular weight excluding hydrogens is 190 g/mol. The number of nitrogens with one attached hydrogen (secondary N) is 1. The van der Waals surface area contributed by atoms with Crippen LogP contribution in [0.4, 0.5) is 0 Å². The molecule has 15 heavy (non-hydrogen) atoms. The van der Waals surface area contributed by atoms with Gasteiger partial charge < -0.3 is 10.4 Å². The van der Waals surface area contributed by atoms with E-state index in [1.54, 1.807) is 13.8 Å². The SMILES string of the molecule is CC(=O)NC(C)(C)C(O)c1ccccc1. The van der Waals surface area contributed by atoms with Crippen LogP contribution in [0.15, 0.2) is 30.3 Å². The van der Waals surface area contributed by atoms with Gasteiger partial charge in [0.1, 0.15) is 6.10 Å². The molecule has 0 fully saturated rings. The Hall–Kier alpha value is -1.35. The largest absolute Gasteiger partial charge is 0.386 e. The molecule has 3 nitrogen and oxygen atoms in total. The van der Waals surface area contributed by atoms with Crippen LogP contribution in [0.25, 0.3) is 0 Å². The molecule has 0 bridgehead atoms. The number of hydrogen-bond donors (Lipinski definition) is 2. The van der Waals surface area contributed by atoms with Crippen molar-refractivity contribution in [3.05, 3.63) is 35.9 Å². The minimum absolute atomic E-state index is 0.144. The van der Waals surface area contributed by atoms with Crippen molar-refractivity contribution in [2.75, 3.05) is 0 Å². The lowest BCUT2D eigenvalue weighted by molar-refractivity contribution is -0.122. The number of aliphatic hydroxyl groups is 1. The van der Waals surface area contributed by atoms with Gasteiger partial charge in [0.2, 0.25) is 5.91 Å². The molecule has 3 heteroatoms. The van der Waals surface area contributed by atoms with E-state index in [1.807, 2.05) is 30.3 Å². The maximum Gasteiger partial charge on any atom is 0.217 e. The molecule has 1 aromatic carbocycles. The highest BCUT2D eigenvalue weighted by atomic mass is 16.3. The van der Waals surface area contributed by atoms with Gasteiger partial charge in [-0.15, -0.1) is 0 Å². The molecule has 1 amide bonds. The van der Waals surface area contributed by atoms with Crippen LogP contribution >= 0.6 is 0 Å². The molecule has 0 saturated heterocycles. The summed E-state index contributed by atoms with van der Waals surface area (Å²) in [5.41, 5.74) is 0.143. The Balaban J connectivity index is 2.84. The summed E-state index contributed by atoms with van der Waals surface area (Å²) in [4.78, 5) is 11.0. The predicted molar refractivity (Wildman–Crippen MR) is 59.3 cm³/mol. The topological polar surface area (TPSA) is 49.3 Å². The van der Waals surface area contributed by atoms with Crippen molar-refractivity contribution in [2.24, 2.45) is 0 Å². The molecule has 0 spiro atoms. The molecule has 1 aromatic rings. The maximum atomic E-state index is 11.0. The number of carbonyl (C=O) groups is 1. The quantitative estimate of drug-likeness (QED) is 0.791. The van der Waals surface area contributed by atoms with Gasteiger partial charge in [0.15, 0.2) is 0 Å². The second kappa shape index (κ2) is 4.45. The predicted octanol–water partition coefficient (Wildman–Crippen LogP) is 1.63. The molecule has 0 heterocycles. The van der Waals surface area contributed by atoms with E-state index >= 15 is 0 Å². The zero-order valence-electron chi connectivity index (χ0n) is 9.32. The first kappa shape index (κ1) is 11.7. The Morgan fingerprint density at radius 1 is 1.33 bits per heavy atom. The van der Waals surface area contributed by atoms with Crippen molar-refractivity contribution in [3.8, 4) is 0 Å². The summed E-state index contributed by atoms with van der Waals surface area (Å²) in [6, 6.07) is 9.30. The zero-order valence-corrected chi connectivity index (χ0v) is 9.32. The lowest BCUT2D eigenvalue weighted by atomic mass is 9.91. The second-order valence-electron chi connectivity index (χ2n) is 4.22. The van der Waals surface area contributed by atoms with E-state index in [4.69, 9.17) is 0 Å². The summed E-state index contributed by atoms with van der Waals surface area (Å²) >= 11 is 0. The smallest absolute Gasteiger partial charge is 0.217 e. The Morgan fingerprint density at radius 2 is 1.87 bits per heavy atom. The van der Waals surface area contributed by atoms with E-state index < -0.39 is 11.6 Å². The molecule has 0 saturated carbocycles. The average Bonchev–Trinajstić information content (AvgIpc) is 2.16. The summed E-state index contributed by atoms with van der Waals surface area (Å²) in [7, 11) is 0. The minimum Gasteiger partial charge on any atom is -0.386 e. The molecule has 1 unspecified atom stereocenters. The molecular formula is C12H17NO2. The van der Waals surface area contributed by atoms with Crippen molar-refractivity contribution in [1.29, 1.82) is 0 Å². The van der Waals surface area contributed by atoms with Crippen LogP contribution in [0.2, 0.25) is 0 Å². The molecule has 82 valence electrons. The first-order valence-electron chi connectivity index (χ1n) is 4.95. The summed E-state index contributed by atoms with van der Waals surface area (Å²) in [5, 5.41) is 12.8. The molecule has 0 aliphatic carbocycles. The number of rotatable bonds is 3. The number of amides is 1. The van der Waals surface area contributed by atoms with Gasteiger partial charge in [-0.2, -0.15) is 0 Å². The number of carbonyl (C=O) groups excluding carboxylic acids is 1. The molecule has 1 atom stereocenters. The molecule has 1 rings (SSSR count). The van der Waals surface area contributed by atoms with Crippen LogP contribution in [0, 0.1) is 0 Å². The lowest BCUT2D eigenvalue weighted by Gasteiger charge is -2.31. The van der Waals surface area contributed by atoms with Gasteiger partial charge in [0.25, 0.3) is 0 Å². The summed E-state index contributed by atoms with van der Waals surface area (Å²) in [6.07, 6.45) is -0.706. The van der Waals surface area contributed by atoms with Gasteiger partial charge in [-0.1, -0.05) is 30.3 Å². The Labute approximate surface area is 90.1 Å². The minimum atomic E-state index is -0.706. The van der Waals surface area contributed by atoms with Gasteiger partial charge in [-0.25, -0.2) is 0 Å². The highest BCUT2D eigenvalue weighted by molar-refractivity contribution is 5.73. The van der Waals surface area contributed by atoms with Crippen molar-refractivity contribution in [1.82, 2.24) is 5.32 Å². The van der Waals surface area contributed by atoms with E-state index in [0.29, 0.717) is 0 Å². The standard InChI is InChI=1S/C12H17NO2/c1-9(14)13-12(2,3)11(15)10-7-5-4-6-8-10/h4-8,11,15H,1-3H3,(H,13,14). The molecule has 0 aromatic heterocycles. The van der Waals surface area contributed by atoms with Crippen molar-refractivity contribution in [3.63, 3.8) is 0 Å². The first-order valence-corrected chi connectivity index (χ1v) is 4.95. The second-order valence-corrected chi connectivity index (χ2v) is 4.22.